The lowest BCUT2D eigenvalue weighted by Gasteiger charge is -2.16. The molecule has 2 aliphatic heterocycles. The number of fused-ring (bicyclic) bond motifs is 3. The van der Waals surface area contributed by atoms with Gasteiger partial charge in [0.2, 0.25) is 0 Å². The van der Waals surface area contributed by atoms with Crippen LogP contribution < -0.4 is 5.32 Å². The Kier molecular flexibility index (Phi) is 2.26. The zero-order chi connectivity index (χ0) is 10.3. The first-order valence-corrected chi connectivity index (χ1v) is 5.81. The quantitative estimate of drug-likeness (QED) is 0.685. The molecule has 0 unspecified atom stereocenters. The highest BCUT2D eigenvalue weighted by atomic mass is 15.1. The van der Waals surface area contributed by atoms with Crippen molar-refractivity contribution >= 4 is 0 Å². The number of hydrogen-bond acceptors (Lipinski definition) is 2. The van der Waals surface area contributed by atoms with Crippen molar-refractivity contribution in [3.63, 3.8) is 0 Å². The number of benzene rings is 1. The van der Waals surface area contributed by atoms with E-state index in [1.165, 1.54) is 25.2 Å². The lowest BCUT2D eigenvalue weighted by atomic mass is 9.87. The molecule has 2 heterocycles. The zero-order valence-electron chi connectivity index (χ0n) is 9.24. The zero-order valence-corrected chi connectivity index (χ0v) is 9.24. The molecular formula is C13H18N2. The van der Waals surface area contributed by atoms with Crippen LogP contribution in [0.1, 0.15) is 17.0 Å². The van der Waals surface area contributed by atoms with Crippen molar-refractivity contribution in [2.45, 2.75) is 12.5 Å². The molecular weight excluding hydrogens is 184 g/mol. The summed E-state index contributed by atoms with van der Waals surface area (Å²) in [5.41, 5.74) is 3.08. The van der Waals surface area contributed by atoms with Crippen LogP contribution in [0, 0.1) is 5.92 Å². The van der Waals surface area contributed by atoms with Crippen LogP contribution in [0.2, 0.25) is 0 Å². The lowest BCUT2D eigenvalue weighted by Crippen LogP contribution is -2.24. The van der Waals surface area contributed by atoms with Crippen LogP contribution in [0.25, 0.3) is 0 Å². The molecule has 2 heteroatoms. The van der Waals surface area contributed by atoms with E-state index in [-0.39, 0.29) is 0 Å². The first-order valence-electron chi connectivity index (χ1n) is 5.81. The Morgan fingerprint density at radius 1 is 1.27 bits per heavy atom. The standard InChI is InChI=1S/C13H18N2/c1-15-8-11-7-14-6-10-4-2-3-5-12(10)13(11)9-15/h2-5,11,13-14H,6-9H2,1H3/t11-,13-/m0/s1. The molecule has 1 N–H and O–H groups in total. The summed E-state index contributed by atoms with van der Waals surface area (Å²) >= 11 is 0. The van der Waals surface area contributed by atoms with Gasteiger partial charge in [0.05, 0.1) is 0 Å². The first kappa shape index (κ1) is 9.37. The third kappa shape index (κ3) is 1.58. The molecule has 15 heavy (non-hydrogen) atoms. The summed E-state index contributed by atoms with van der Waals surface area (Å²) in [6, 6.07) is 8.92. The van der Waals surface area contributed by atoms with Gasteiger partial charge in [-0.15, -0.1) is 0 Å². The van der Waals surface area contributed by atoms with Crippen molar-refractivity contribution in [2.24, 2.45) is 5.92 Å². The fourth-order valence-corrected chi connectivity index (χ4v) is 3.10. The van der Waals surface area contributed by atoms with Gasteiger partial charge in [-0.05, 0) is 24.1 Å². The van der Waals surface area contributed by atoms with E-state index >= 15 is 0 Å². The number of rotatable bonds is 0. The molecule has 0 aliphatic carbocycles. The SMILES string of the molecule is CN1C[C@@H]2CNCc3ccccc3[C@H]2C1. The molecule has 0 bridgehead atoms. The predicted octanol–water partition coefficient (Wildman–Crippen LogP) is 1.43. The lowest BCUT2D eigenvalue weighted by molar-refractivity contribution is 0.388. The van der Waals surface area contributed by atoms with Gasteiger partial charge >= 0.3 is 0 Å². The smallest absolute Gasteiger partial charge is 0.0208 e. The monoisotopic (exact) mass is 202 g/mol. The maximum Gasteiger partial charge on any atom is 0.0208 e. The van der Waals surface area contributed by atoms with E-state index in [1.807, 2.05) is 0 Å². The van der Waals surface area contributed by atoms with Crippen LogP contribution >= 0.6 is 0 Å². The summed E-state index contributed by atoms with van der Waals surface area (Å²) < 4.78 is 0. The van der Waals surface area contributed by atoms with Crippen molar-refractivity contribution in [1.29, 1.82) is 0 Å². The summed E-state index contributed by atoms with van der Waals surface area (Å²) in [7, 11) is 2.23. The van der Waals surface area contributed by atoms with Gasteiger partial charge in [0.15, 0.2) is 0 Å². The topological polar surface area (TPSA) is 15.3 Å². The minimum Gasteiger partial charge on any atom is -0.312 e. The van der Waals surface area contributed by atoms with Gasteiger partial charge in [0, 0.05) is 32.1 Å². The van der Waals surface area contributed by atoms with Crippen molar-refractivity contribution in [3.8, 4) is 0 Å². The molecule has 0 radical (unpaired) electrons. The van der Waals surface area contributed by atoms with E-state index in [4.69, 9.17) is 0 Å². The molecule has 2 aliphatic rings. The Morgan fingerprint density at radius 2 is 2.13 bits per heavy atom. The van der Waals surface area contributed by atoms with Gasteiger partial charge in [0.1, 0.15) is 0 Å². The van der Waals surface area contributed by atoms with Crippen molar-refractivity contribution in [2.75, 3.05) is 26.7 Å². The number of hydrogen-bond donors (Lipinski definition) is 1. The van der Waals surface area contributed by atoms with Crippen LogP contribution in [-0.4, -0.2) is 31.6 Å². The highest BCUT2D eigenvalue weighted by molar-refractivity contribution is 5.33. The minimum absolute atomic E-state index is 0.751. The molecule has 2 nitrogen and oxygen atoms in total. The summed E-state index contributed by atoms with van der Waals surface area (Å²) in [4.78, 5) is 2.46. The molecule has 80 valence electrons. The maximum absolute atomic E-state index is 3.57. The largest absolute Gasteiger partial charge is 0.312 e. The molecule has 0 amide bonds. The second-order valence-corrected chi connectivity index (χ2v) is 4.92. The minimum atomic E-state index is 0.751. The van der Waals surface area contributed by atoms with Gasteiger partial charge < -0.3 is 10.2 Å². The molecule has 0 spiro atoms. The number of likely N-dealkylation sites (N-methyl/N-ethyl adjacent to an activating group) is 1. The van der Waals surface area contributed by atoms with E-state index in [0.29, 0.717) is 0 Å². The summed E-state index contributed by atoms with van der Waals surface area (Å²) in [5.74, 6) is 1.56. The van der Waals surface area contributed by atoms with Crippen LogP contribution in [0.4, 0.5) is 0 Å². The maximum atomic E-state index is 3.57. The highest BCUT2D eigenvalue weighted by Gasteiger charge is 2.34. The van der Waals surface area contributed by atoms with Gasteiger partial charge in [0.25, 0.3) is 0 Å². The Bertz CT molecular complexity index is 361. The van der Waals surface area contributed by atoms with Gasteiger partial charge in [-0.2, -0.15) is 0 Å². The number of nitrogens with zero attached hydrogens (tertiary/aromatic N) is 1. The average molecular weight is 202 g/mol. The van der Waals surface area contributed by atoms with Crippen molar-refractivity contribution in [1.82, 2.24) is 10.2 Å². The van der Waals surface area contributed by atoms with E-state index in [2.05, 4.69) is 41.5 Å². The van der Waals surface area contributed by atoms with Crippen LogP contribution in [0.5, 0.6) is 0 Å². The van der Waals surface area contributed by atoms with Crippen molar-refractivity contribution < 1.29 is 0 Å². The summed E-state index contributed by atoms with van der Waals surface area (Å²) in [6.45, 7) is 4.69. The second kappa shape index (κ2) is 3.62. The number of likely N-dealkylation sites (tertiary alicyclic amines) is 1. The highest BCUT2D eigenvalue weighted by Crippen LogP contribution is 2.35. The fraction of sp³-hybridized carbons (Fsp3) is 0.538. The van der Waals surface area contributed by atoms with E-state index in [0.717, 1.165) is 18.4 Å². The molecule has 0 saturated carbocycles. The van der Waals surface area contributed by atoms with Gasteiger partial charge in [-0.3, -0.25) is 0 Å². The normalized spacial score (nSPS) is 30.7. The Hall–Kier alpha value is -0.860. The van der Waals surface area contributed by atoms with Crippen LogP contribution in [-0.2, 0) is 6.54 Å². The van der Waals surface area contributed by atoms with E-state index in [9.17, 15) is 0 Å². The average Bonchev–Trinajstić information content (AvgIpc) is 2.52. The Balaban J connectivity index is 2.01. The molecule has 1 fully saturated rings. The Morgan fingerprint density at radius 3 is 3.07 bits per heavy atom. The van der Waals surface area contributed by atoms with E-state index < -0.39 is 0 Å². The van der Waals surface area contributed by atoms with Crippen LogP contribution in [0.15, 0.2) is 24.3 Å². The number of nitrogens with one attached hydrogen (secondary N) is 1. The van der Waals surface area contributed by atoms with E-state index in [1.54, 1.807) is 5.56 Å². The van der Waals surface area contributed by atoms with Crippen molar-refractivity contribution in [3.05, 3.63) is 35.4 Å². The molecule has 1 aromatic carbocycles. The molecule has 1 saturated heterocycles. The third-order valence-corrected chi connectivity index (χ3v) is 3.80. The fourth-order valence-electron chi connectivity index (χ4n) is 3.10. The van der Waals surface area contributed by atoms with Gasteiger partial charge in [-0.25, -0.2) is 0 Å². The molecule has 0 aromatic heterocycles. The van der Waals surface area contributed by atoms with Gasteiger partial charge in [-0.1, -0.05) is 24.3 Å². The molecule has 3 rings (SSSR count). The summed E-state index contributed by atoms with van der Waals surface area (Å²) in [5, 5.41) is 3.57. The third-order valence-electron chi connectivity index (χ3n) is 3.80. The second-order valence-electron chi connectivity index (χ2n) is 4.92. The predicted molar refractivity (Wildman–Crippen MR) is 61.9 cm³/mol. The molecule has 2 atom stereocenters. The van der Waals surface area contributed by atoms with Crippen LogP contribution in [0.3, 0.4) is 0 Å². The Labute approximate surface area is 91.3 Å². The molecule has 1 aromatic rings. The first-order chi connectivity index (χ1) is 7.34. The summed E-state index contributed by atoms with van der Waals surface area (Å²) in [6.07, 6.45) is 0.